The average molecular weight is 285 g/mol. The molecule has 0 spiro atoms. The van der Waals surface area contributed by atoms with Crippen LogP contribution >= 0.6 is 0 Å². The van der Waals surface area contributed by atoms with Gasteiger partial charge >= 0.3 is 5.69 Å². The van der Waals surface area contributed by atoms with Gasteiger partial charge in [-0.25, -0.2) is 8.42 Å². The summed E-state index contributed by atoms with van der Waals surface area (Å²) in [6.45, 7) is 0. The van der Waals surface area contributed by atoms with Crippen LogP contribution in [0, 0.1) is 10.1 Å². The van der Waals surface area contributed by atoms with Gasteiger partial charge in [-0.3, -0.25) is 10.1 Å². The molecule has 0 saturated heterocycles. The number of benzene rings is 1. The fraction of sp³-hybridized carbons (Fsp3) is 0.455. The molecule has 1 aliphatic rings. The van der Waals surface area contributed by atoms with Crippen LogP contribution in [0.2, 0.25) is 0 Å². The smallest absolute Gasteiger partial charge is 0.312 e. The van der Waals surface area contributed by atoms with Gasteiger partial charge < -0.3 is 5.32 Å². The number of nitrogens with zero attached hydrogens (tertiary/aromatic N) is 2. The van der Waals surface area contributed by atoms with E-state index >= 15 is 0 Å². The van der Waals surface area contributed by atoms with Crippen molar-refractivity contribution in [3.63, 3.8) is 0 Å². The van der Waals surface area contributed by atoms with E-state index in [9.17, 15) is 18.5 Å². The Labute approximate surface area is 111 Å². The Hall–Kier alpha value is -1.67. The maximum atomic E-state index is 12.4. The zero-order chi connectivity index (χ0) is 14.2. The lowest BCUT2D eigenvalue weighted by atomic mass is 10.3. The first-order valence-corrected chi connectivity index (χ1v) is 7.26. The number of nitrogens with one attached hydrogen (secondary N) is 1. The number of sulfonamides is 1. The molecule has 2 rings (SSSR count). The van der Waals surface area contributed by atoms with E-state index in [1.807, 2.05) is 0 Å². The fourth-order valence-corrected chi connectivity index (χ4v) is 3.50. The van der Waals surface area contributed by atoms with Crippen molar-refractivity contribution >= 4 is 21.4 Å². The second-order valence-corrected chi connectivity index (χ2v) is 6.38. The van der Waals surface area contributed by atoms with Crippen molar-refractivity contribution in [1.29, 1.82) is 0 Å². The highest BCUT2D eigenvalue weighted by Crippen LogP contribution is 2.36. The van der Waals surface area contributed by atoms with Gasteiger partial charge in [-0.15, -0.1) is 0 Å². The summed E-state index contributed by atoms with van der Waals surface area (Å²) in [5, 5.41) is 13.8. The van der Waals surface area contributed by atoms with Gasteiger partial charge in [0.15, 0.2) is 4.90 Å². The minimum Gasteiger partial charge on any atom is -0.383 e. The minimum atomic E-state index is -3.83. The quantitative estimate of drug-likeness (QED) is 0.652. The lowest BCUT2D eigenvalue weighted by Gasteiger charge is -2.17. The predicted molar refractivity (Wildman–Crippen MR) is 70.6 cm³/mol. The van der Waals surface area contributed by atoms with Gasteiger partial charge in [-0.1, -0.05) is 6.07 Å². The highest BCUT2D eigenvalue weighted by Gasteiger charge is 2.39. The Bertz CT molecular complexity index is 610. The van der Waals surface area contributed by atoms with Crippen LogP contribution in [0.4, 0.5) is 11.4 Å². The van der Waals surface area contributed by atoms with Crippen LogP contribution in [0.5, 0.6) is 0 Å². The Morgan fingerprint density at radius 3 is 2.53 bits per heavy atom. The molecule has 0 aliphatic heterocycles. The topological polar surface area (TPSA) is 92.6 Å². The summed E-state index contributed by atoms with van der Waals surface area (Å²) in [6, 6.07) is 4.20. The van der Waals surface area contributed by atoms with Crippen LogP contribution in [-0.2, 0) is 10.0 Å². The molecule has 0 aromatic heterocycles. The molecular formula is C11H15N3O4S. The van der Waals surface area contributed by atoms with E-state index in [4.69, 9.17) is 0 Å². The van der Waals surface area contributed by atoms with E-state index in [1.54, 1.807) is 0 Å². The highest BCUT2D eigenvalue weighted by molar-refractivity contribution is 7.89. The van der Waals surface area contributed by atoms with Crippen LogP contribution in [0.15, 0.2) is 23.1 Å². The molecule has 0 radical (unpaired) electrons. The molecule has 0 unspecified atom stereocenters. The molecule has 1 saturated carbocycles. The first-order valence-electron chi connectivity index (χ1n) is 5.82. The second-order valence-electron chi connectivity index (χ2n) is 4.41. The SMILES string of the molecule is CNc1cccc(S(=O)(=O)N(C)C2CC2)c1[N+](=O)[O-]. The molecule has 0 amide bonds. The van der Waals surface area contributed by atoms with Crippen LogP contribution in [0.1, 0.15) is 12.8 Å². The fourth-order valence-electron chi connectivity index (χ4n) is 1.91. The van der Waals surface area contributed by atoms with Crippen LogP contribution < -0.4 is 5.32 Å². The van der Waals surface area contributed by atoms with Gasteiger partial charge in [0.2, 0.25) is 10.0 Å². The molecule has 1 N–H and O–H groups in total. The largest absolute Gasteiger partial charge is 0.383 e. The summed E-state index contributed by atoms with van der Waals surface area (Å²) in [7, 11) is -0.854. The van der Waals surface area contributed by atoms with Crippen LogP contribution in [0.3, 0.4) is 0 Å². The molecule has 1 aromatic carbocycles. The van der Waals surface area contributed by atoms with E-state index in [0.717, 1.165) is 12.8 Å². The molecule has 1 fully saturated rings. The van der Waals surface area contributed by atoms with E-state index in [-0.39, 0.29) is 16.6 Å². The molecule has 7 nitrogen and oxygen atoms in total. The zero-order valence-corrected chi connectivity index (χ0v) is 11.5. The minimum absolute atomic E-state index is 0.0390. The monoisotopic (exact) mass is 285 g/mol. The van der Waals surface area contributed by atoms with E-state index < -0.39 is 20.6 Å². The van der Waals surface area contributed by atoms with Crippen molar-refractivity contribution in [2.24, 2.45) is 0 Å². The van der Waals surface area contributed by atoms with Gasteiger partial charge in [0.1, 0.15) is 5.69 Å². The molecule has 1 aliphatic carbocycles. The summed E-state index contributed by atoms with van der Waals surface area (Å²) < 4.78 is 26.0. The number of rotatable bonds is 5. The number of anilines is 1. The number of nitro groups is 1. The molecule has 0 bridgehead atoms. The first kappa shape index (κ1) is 13.8. The molecule has 104 valence electrons. The summed E-state index contributed by atoms with van der Waals surface area (Å²) in [5.74, 6) is 0. The van der Waals surface area contributed by atoms with E-state index in [1.165, 1.54) is 36.6 Å². The van der Waals surface area contributed by atoms with Gasteiger partial charge in [0, 0.05) is 20.1 Å². The normalized spacial score (nSPS) is 15.5. The standard InChI is InChI=1S/C11H15N3O4S/c1-12-9-4-3-5-10(11(9)14(15)16)19(17,18)13(2)8-6-7-8/h3-5,8,12H,6-7H2,1-2H3. The summed E-state index contributed by atoms with van der Waals surface area (Å²) in [6.07, 6.45) is 1.60. The third-order valence-electron chi connectivity index (χ3n) is 3.17. The average Bonchev–Trinajstić information content (AvgIpc) is 3.20. The molecular weight excluding hydrogens is 270 g/mol. The Morgan fingerprint density at radius 2 is 2.05 bits per heavy atom. The predicted octanol–water partition coefficient (Wildman–Crippen LogP) is 1.42. The van der Waals surface area contributed by atoms with Crippen LogP contribution in [0.25, 0.3) is 0 Å². The molecule has 0 heterocycles. The van der Waals surface area contributed by atoms with Crippen molar-refractivity contribution in [2.75, 3.05) is 19.4 Å². The first-order chi connectivity index (χ1) is 8.89. The van der Waals surface area contributed by atoms with Crippen molar-refractivity contribution < 1.29 is 13.3 Å². The second kappa shape index (κ2) is 4.78. The summed E-state index contributed by atoms with van der Waals surface area (Å²) in [4.78, 5) is 10.2. The molecule has 0 atom stereocenters. The maximum absolute atomic E-state index is 12.4. The number of hydrogen-bond donors (Lipinski definition) is 1. The van der Waals surface area contributed by atoms with Crippen molar-refractivity contribution in [2.45, 2.75) is 23.8 Å². The van der Waals surface area contributed by atoms with Crippen molar-refractivity contribution in [3.8, 4) is 0 Å². The van der Waals surface area contributed by atoms with Crippen molar-refractivity contribution in [1.82, 2.24) is 4.31 Å². The van der Waals surface area contributed by atoms with Crippen LogP contribution in [-0.4, -0.2) is 37.8 Å². The Kier molecular flexibility index (Phi) is 3.46. The van der Waals surface area contributed by atoms with Crippen molar-refractivity contribution in [3.05, 3.63) is 28.3 Å². The number of hydrogen-bond acceptors (Lipinski definition) is 5. The number of para-hydroxylation sites is 1. The Morgan fingerprint density at radius 1 is 1.42 bits per heavy atom. The lowest BCUT2D eigenvalue weighted by molar-refractivity contribution is -0.386. The molecule has 8 heteroatoms. The third kappa shape index (κ3) is 2.41. The van der Waals surface area contributed by atoms with Gasteiger partial charge in [0.25, 0.3) is 0 Å². The van der Waals surface area contributed by atoms with E-state index in [0.29, 0.717) is 0 Å². The number of nitro benzene ring substituents is 1. The summed E-state index contributed by atoms with van der Waals surface area (Å²) in [5.41, 5.74) is -0.215. The summed E-state index contributed by atoms with van der Waals surface area (Å²) >= 11 is 0. The van der Waals surface area contributed by atoms with Gasteiger partial charge in [-0.05, 0) is 25.0 Å². The highest BCUT2D eigenvalue weighted by atomic mass is 32.2. The van der Waals surface area contributed by atoms with E-state index in [2.05, 4.69) is 5.32 Å². The molecule has 1 aromatic rings. The van der Waals surface area contributed by atoms with Gasteiger partial charge in [0.05, 0.1) is 4.92 Å². The maximum Gasteiger partial charge on any atom is 0.312 e. The zero-order valence-electron chi connectivity index (χ0n) is 10.7. The molecule has 19 heavy (non-hydrogen) atoms. The third-order valence-corrected chi connectivity index (χ3v) is 5.11. The van der Waals surface area contributed by atoms with Gasteiger partial charge in [-0.2, -0.15) is 4.31 Å². The lowest BCUT2D eigenvalue weighted by Crippen LogP contribution is -2.29. The Balaban J connectivity index is 2.58.